The number of sulfonamides is 1. The molecule has 2 aliphatic heterocycles. The maximum absolute atomic E-state index is 14.9. The Bertz CT molecular complexity index is 3380. The number of rotatable bonds is 17. The highest BCUT2D eigenvalue weighted by Crippen LogP contribution is 2.54. The maximum Gasteiger partial charge on any atom is 0.387 e. The van der Waals surface area contributed by atoms with E-state index in [1.807, 2.05) is 19.1 Å². The van der Waals surface area contributed by atoms with Gasteiger partial charge in [0.1, 0.15) is 39.2 Å². The van der Waals surface area contributed by atoms with Crippen molar-refractivity contribution in [3.05, 3.63) is 142 Å². The molecule has 0 radical (unpaired) electrons. The van der Waals surface area contributed by atoms with E-state index in [1.165, 1.54) is 36.6 Å². The minimum Gasteiger partial charge on any atom is -0.629 e. The molecule has 5 aromatic carbocycles. The summed E-state index contributed by atoms with van der Waals surface area (Å²) in [6, 6.07) is 27.7. The molecule has 1 aromatic heterocycles. The van der Waals surface area contributed by atoms with Crippen LogP contribution in [0.3, 0.4) is 0 Å². The fourth-order valence-electron chi connectivity index (χ4n) is 13.1. The second kappa shape index (κ2) is 22.5. The van der Waals surface area contributed by atoms with Crippen LogP contribution in [-0.4, -0.2) is 104 Å². The Morgan fingerprint density at radius 3 is 2.41 bits per heavy atom. The first-order chi connectivity index (χ1) is 38.3. The van der Waals surface area contributed by atoms with Crippen LogP contribution in [0.5, 0.6) is 17.2 Å². The number of allylic oxidation sites excluding steroid dienone is 1. The number of imidazole rings is 1. The van der Waals surface area contributed by atoms with E-state index in [-0.39, 0.29) is 67.2 Å². The molecular formula is C61H71F3N8O7S. The molecule has 11 rings (SSSR count). The second-order valence-corrected chi connectivity index (χ2v) is 25.1. The number of benzene rings is 5. The minimum atomic E-state index is -4.67. The van der Waals surface area contributed by atoms with Crippen molar-refractivity contribution in [1.29, 1.82) is 0 Å². The molecule has 80 heavy (non-hydrogen) atoms. The Morgan fingerprint density at radius 2 is 1.69 bits per heavy atom. The fourth-order valence-corrected chi connectivity index (χ4v) is 14.2. The number of ether oxygens (including phenoxy) is 2. The maximum atomic E-state index is 14.9. The number of H-pyrrole nitrogens is 1. The van der Waals surface area contributed by atoms with E-state index in [2.05, 4.69) is 77.6 Å². The average molecular weight is 1120 g/mol. The van der Waals surface area contributed by atoms with Crippen LogP contribution in [0.1, 0.15) is 122 Å². The van der Waals surface area contributed by atoms with Gasteiger partial charge in [0, 0.05) is 81.3 Å². The molecule has 3 aliphatic carbocycles. The SMILES string of the molecule is CC(C)c1ccccc1[C@@H]1CN(Cc2ccc(OC(F)F)cc2)CCN1C1CC2(CCN(c3ccc(C(=O)NS(=O)(=O)c4cc([NH+](C)[O-])c(NC[C@H]5CC[C@](C)(O)CC5)c5[nH]cnc45)c(Oc4ccc5c(c4)C(F)=CC5)c3)CC2)C1. The Kier molecular flexibility index (Phi) is 15.6. The first-order valence-electron chi connectivity index (χ1n) is 28.0. The van der Waals surface area contributed by atoms with Crippen molar-refractivity contribution in [2.24, 2.45) is 11.3 Å². The summed E-state index contributed by atoms with van der Waals surface area (Å²) in [6.45, 7) is 8.77. The van der Waals surface area contributed by atoms with Crippen LogP contribution >= 0.6 is 0 Å². The van der Waals surface area contributed by atoms with E-state index in [1.54, 1.807) is 48.5 Å². The molecular weight excluding hydrogens is 1050 g/mol. The Labute approximate surface area is 465 Å². The minimum absolute atomic E-state index is 0.0481. The lowest BCUT2D eigenvalue weighted by Gasteiger charge is -2.58. The van der Waals surface area contributed by atoms with E-state index in [0.717, 1.165) is 88.1 Å². The van der Waals surface area contributed by atoms with E-state index in [0.29, 0.717) is 61.1 Å². The summed E-state index contributed by atoms with van der Waals surface area (Å²) in [5, 5.41) is 26.7. The summed E-state index contributed by atoms with van der Waals surface area (Å²) in [6.07, 6.45) is 10.2. The van der Waals surface area contributed by atoms with Gasteiger partial charge in [0.2, 0.25) is 0 Å². The fraction of sp³-hybridized carbons (Fsp3) is 0.443. The number of aromatic amines is 1. The number of halogens is 3. The van der Waals surface area contributed by atoms with Gasteiger partial charge in [0.25, 0.3) is 15.9 Å². The number of amides is 1. The molecule has 1 amide bonds. The number of piperazine rings is 1. The molecule has 3 heterocycles. The van der Waals surface area contributed by atoms with E-state index >= 15 is 0 Å². The van der Waals surface area contributed by atoms with Gasteiger partial charge < -0.3 is 40.1 Å². The van der Waals surface area contributed by atoms with Crippen molar-refractivity contribution in [2.75, 3.05) is 56.5 Å². The number of piperidine rings is 1. The van der Waals surface area contributed by atoms with Gasteiger partial charge >= 0.3 is 6.61 Å². The van der Waals surface area contributed by atoms with Crippen molar-refractivity contribution < 1.29 is 46.0 Å². The molecule has 0 bridgehead atoms. The van der Waals surface area contributed by atoms with Crippen LogP contribution in [0.25, 0.3) is 16.9 Å². The van der Waals surface area contributed by atoms with Gasteiger partial charge in [-0.25, -0.2) is 22.5 Å². The average Bonchev–Trinajstić information content (AvgIpc) is 3.77. The number of nitrogens with one attached hydrogen (secondary N) is 4. The number of hydroxylamine groups is 1. The number of aromatic nitrogens is 2. The van der Waals surface area contributed by atoms with Crippen molar-refractivity contribution in [2.45, 2.75) is 120 Å². The van der Waals surface area contributed by atoms with Crippen molar-refractivity contribution in [1.82, 2.24) is 24.5 Å². The predicted octanol–water partition coefficient (Wildman–Crippen LogP) is 10.4. The van der Waals surface area contributed by atoms with E-state index in [9.17, 15) is 36.7 Å². The third-order valence-corrected chi connectivity index (χ3v) is 19.0. The first kappa shape index (κ1) is 55.4. The summed E-state index contributed by atoms with van der Waals surface area (Å²) in [7, 11) is -3.32. The van der Waals surface area contributed by atoms with Gasteiger partial charge in [-0.3, -0.25) is 14.6 Å². The highest BCUT2D eigenvalue weighted by Gasteiger charge is 2.50. The van der Waals surface area contributed by atoms with Crippen molar-refractivity contribution in [3.8, 4) is 17.2 Å². The summed E-state index contributed by atoms with van der Waals surface area (Å²) in [5.41, 5.74) is 5.99. The van der Waals surface area contributed by atoms with E-state index < -0.39 is 28.1 Å². The molecule has 19 heteroatoms. The quantitative estimate of drug-likeness (QED) is 0.0547. The summed E-state index contributed by atoms with van der Waals surface area (Å²) >= 11 is 0. The standard InChI is InChI=1S/C61H71F3N8O7S/c1-38(2)46-7-5-6-8-47(46)52-36-70(35-40-9-14-44(15-10-40)79-59(63)64)27-28-72(52)43-32-61(33-43)23-25-71(26-24-61)42-13-17-48(53(29-42)78-45-16-11-41-12-18-50(62)49(41)30-45)58(73)68-80(76,77)54-31-51(69(4)75)55(57-56(54)66-37-67-57)65-34-39-19-21-60(3,74)22-20-39/h5-11,13-18,29-31,37-39,43,52,59,65,69,74H,12,19-28,32-36H2,1-4H3,(H,66,67)(H,68,73)/t39-,52-,60-/m0/s1. The third-order valence-electron chi connectivity index (χ3n) is 17.6. The molecule has 424 valence electrons. The topological polar surface area (TPSA) is 180 Å². The highest BCUT2D eigenvalue weighted by molar-refractivity contribution is 7.90. The van der Waals surface area contributed by atoms with Gasteiger partial charge in [-0.15, -0.1) is 0 Å². The van der Waals surface area contributed by atoms with Crippen LogP contribution in [0.15, 0.2) is 108 Å². The molecule has 1 unspecified atom stereocenters. The molecule has 15 nitrogen and oxygen atoms in total. The lowest BCUT2D eigenvalue weighted by Crippen LogP contribution is -2.98. The summed E-state index contributed by atoms with van der Waals surface area (Å²) in [5.74, 6) is -0.247. The number of hydrogen-bond acceptors (Lipinski definition) is 12. The summed E-state index contributed by atoms with van der Waals surface area (Å²) < 4.78 is 82.8. The number of alkyl halides is 2. The largest absolute Gasteiger partial charge is 0.629 e. The first-order valence-corrected chi connectivity index (χ1v) is 29.5. The zero-order valence-electron chi connectivity index (χ0n) is 45.7. The number of fused-ring (bicyclic) bond motifs is 2. The monoisotopic (exact) mass is 1120 g/mol. The Hall–Kier alpha value is -6.48. The Morgan fingerprint density at radius 1 is 0.950 bits per heavy atom. The van der Waals surface area contributed by atoms with Crippen LogP contribution in [0, 0.1) is 16.5 Å². The van der Waals surface area contributed by atoms with Gasteiger partial charge in [0.15, 0.2) is 5.69 Å². The van der Waals surface area contributed by atoms with Gasteiger partial charge in [-0.2, -0.15) is 8.78 Å². The number of nitrogens with zero attached hydrogens (tertiary/aromatic N) is 4. The van der Waals surface area contributed by atoms with Crippen LogP contribution in [0.2, 0.25) is 0 Å². The number of anilines is 2. The lowest BCUT2D eigenvalue weighted by atomic mass is 9.59. The number of hydrogen-bond donors (Lipinski definition) is 5. The number of carbonyl (C=O) groups is 1. The van der Waals surface area contributed by atoms with Gasteiger partial charge in [-0.1, -0.05) is 56.3 Å². The molecule has 1 spiro atoms. The lowest BCUT2D eigenvalue weighted by molar-refractivity contribution is -0.750. The molecule has 2 atom stereocenters. The van der Waals surface area contributed by atoms with E-state index in [4.69, 9.17) is 4.74 Å². The predicted molar refractivity (Wildman–Crippen MR) is 303 cm³/mol. The van der Waals surface area contributed by atoms with Gasteiger partial charge in [-0.05, 0) is 147 Å². The van der Waals surface area contributed by atoms with Crippen molar-refractivity contribution >= 4 is 49.9 Å². The number of carbonyl (C=O) groups excluding carboxylic acids is 1. The molecule has 2 saturated heterocycles. The Balaban J connectivity index is 0.801. The molecule has 5 aliphatic rings. The van der Waals surface area contributed by atoms with Crippen molar-refractivity contribution in [3.63, 3.8) is 0 Å². The van der Waals surface area contributed by atoms with Crippen LogP contribution in [0.4, 0.5) is 30.2 Å². The third kappa shape index (κ3) is 11.7. The zero-order chi connectivity index (χ0) is 56.1. The van der Waals surface area contributed by atoms with Crippen LogP contribution < -0.4 is 29.5 Å². The normalized spacial score (nSPS) is 22.1. The second-order valence-electron chi connectivity index (χ2n) is 23.4. The summed E-state index contributed by atoms with van der Waals surface area (Å²) in [4.78, 5) is 28.9. The number of aliphatic hydroxyl groups is 1. The molecule has 5 N–H and O–H groups in total. The highest BCUT2D eigenvalue weighted by atomic mass is 32.2. The molecule has 2 saturated carbocycles. The zero-order valence-corrected chi connectivity index (χ0v) is 46.6. The van der Waals surface area contributed by atoms with Crippen LogP contribution in [-0.2, 0) is 23.0 Å². The number of quaternary nitrogens is 1. The smallest absolute Gasteiger partial charge is 0.387 e. The molecule has 4 fully saturated rings. The molecule has 6 aromatic rings. The van der Waals surface area contributed by atoms with Gasteiger partial charge in [0.05, 0.1) is 30.1 Å².